The van der Waals surface area contributed by atoms with Crippen LogP contribution >= 0.6 is 11.6 Å². The Labute approximate surface area is 155 Å². The van der Waals surface area contributed by atoms with Crippen molar-refractivity contribution < 1.29 is 13.5 Å². The third-order valence-corrected chi connectivity index (χ3v) is 4.37. The van der Waals surface area contributed by atoms with E-state index in [0.29, 0.717) is 16.5 Å². The average molecular weight is 368 g/mol. The Morgan fingerprint density at radius 1 is 1.00 bits per heavy atom. The van der Waals surface area contributed by atoms with Crippen LogP contribution in [0.15, 0.2) is 65.2 Å². The molecule has 2 aromatic carbocycles. The van der Waals surface area contributed by atoms with Gasteiger partial charge in [-0.2, -0.15) is 4.39 Å². The van der Waals surface area contributed by atoms with E-state index in [-0.39, 0.29) is 0 Å². The van der Waals surface area contributed by atoms with Crippen LogP contribution in [0.2, 0.25) is 5.02 Å². The van der Waals surface area contributed by atoms with Crippen molar-refractivity contribution in [1.82, 2.24) is 4.98 Å². The summed E-state index contributed by atoms with van der Waals surface area (Å²) in [5, 5.41) is 1.58. The summed E-state index contributed by atoms with van der Waals surface area (Å²) in [6, 6.07) is 16.4. The zero-order chi connectivity index (χ0) is 18.1. The Morgan fingerprint density at radius 3 is 2.46 bits per heavy atom. The van der Waals surface area contributed by atoms with Gasteiger partial charge in [-0.1, -0.05) is 30.7 Å². The average Bonchev–Trinajstić information content (AvgIpc) is 3.08. The van der Waals surface area contributed by atoms with Crippen LogP contribution < -0.4 is 4.74 Å². The monoisotopic (exact) mass is 367 g/mol. The fourth-order valence-corrected chi connectivity index (χ4v) is 3.04. The molecule has 0 fully saturated rings. The lowest BCUT2D eigenvalue weighted by atomic mass is 10.0. The summed E-state index contributed by atoms with van der Waals surface area (Å²) < 4.78 is 24.3. The molecule has 4 rings (SSSR count). The highest BCUT2D eigenvalue weighted by Gasteiger charge is 2.10. The Hall–Kier alpha value is -2.85. The van der Waals surface area contributed by atoms with Crippen LogP contribution in [0, 0.1) is 5.95 Å². The van der Waals surface area contributed by atoms with Gasteiger partial charge in [0.25, 0.3) is 0 Å². The SMILES string of the molecule is CCc1cc2cc(-c3ccc(Oc4ccc(F)nc4)cc3)cc(Cl)c2o1. The normalized spacial score (nSPS) is 11.0. The van der Waals surface area contributed by atoms with Gasteiger partial charge >= 0.3 is 0 Å². The number of rotatable bonds is 4. The predicted molar refractivity (Wildman–Crippen MR) is 100 cm³/mol. The van der Waals surface area contributed by atoms with Crippen molar-refractivity contribution in [2.45, 2.75) is 13.3 Å². The van der Waals surface area contributed by atoms with E-state index in [2.05, 4.69) is 11.1 Å². The highest BCUT2D eigenvalue weighted by molar-refractivity contribution is 6.35. The largest absolute Gasteiger partial charge is 0.460 e. The van der Waals surface area contributed by atoms with Crippen LogP contribution in [0.3, 0.4) is 0 Å². The Balaban J connectivity index is 1.62. The second-order valence-corrected chi connectivity index (χ2v) is 6.29. The van der Waals surface area contributed by atoms with Crippen molar-refractivity contribution in [3.63, 3.8) is 0 Å². The number of pyridine rings is 1. The van der Waals surface area contributed by atoms with Crippen molar-refractivity contribution in [2.24, 2.45) is 0 Å². The molecule has 2 heterocycles. The van der Waals surface area contributed by atoms with Gasteiger partial charge in [0.2, 0.25) is 5.95 Å². The first-order valence-electron chi connectivity index (χ1n) is 8.24. The van der Waals surface area contributed by atoms with E-state index in [4.69, 9.17) is 20.8 Å². The number of aryl methyl sites for hydroxylation is 1. The van der Waals surface area contributed by atoms with E-state index < -0.39 is 5.95 Å². The van der Waals surface area contributed by atoms with Gasteiger partial charge in [-0.05, 0) is 53.6 Å². The minimum Gasteiger partial charge on any atom is -0.460 e. The molecule has 3 nitrogen and oxygen atoms in total. The van der Waals surface area contributed by atoms with Crippen molar-refractivity contribution in [3.8, 4) is 22.6 Å². The molecule has 26 heavy (non-hydrogen) atoms. The lowest BCUT2D eigenvalue weighted by molar-refractivity contribution is 0.474. The summed E-state index contributed by atoms with van der Waals surface area (Å²) in [7, 11) is 0. The van der Waals surface area contributed by atoms with Crippen LogP contribution in [-0.4, -0.2) is 4.98 Å². The number of fused-ring (bicyclic) bond motifs is 1. The molecule has 0 saturated carbocycles. The summed E-state index contributed by atoms with van der Waals surface area (Å²) in [6.45, 7) is 2.04. The third-order valence-electron chi connectivity index (χ3n) is 4.09. The molecule has 0 saturated heterocycles. The van der Waals surface area contributed by atoms with Gasteiger partial charge in [-0.25, -0.2) is 4.98 Å². The van der Waals surface area contributed by atoms with Gasteiger partial charge in [0.1, 0.15) is 17.3 Å². The van der Waals surface area contributed by atoms with Gasteiger partial charge in [-0.3, -0.25) is 0 Å². The molecule has 0 N–H and O–H groups in total. The summed E-state index contributed by atoms with van der Waals surface area (Å²) in [4.78, 5) is 3.57. The molecule has 2 aromatic heterocycles. The minimum absolute atomic E-state index is 0.481. The molecule has 0 aliphatic carbocycles. The maximum absolute atomic E-state index is 12.8. The lowest BCUT2D eigenvalue weighted by Gasteiger charge is -2.07. The van der Waals surface area contributed by atoms with Gasteiger partial charge < -0.3 is 9.15 Å². The van der Waals surface area contributed by atoms with Crippen molar-refractivity contribution in [3.05, 3.63) is 77.5 Å². The van der Waals surface area contributed by atoms with Gasteiger partial charge in [0.15, 0.2) is 5.58 Å². The highest BCUT2D eigenvalue weighted by Crippen LogP contribution is 2.34. The summed E-state index contributed by atoms with van der Waals surface area (Å²) in [5.41, 5.74) is 2.73. The lowest BCUT2D eigenvalue weighted by Crippen LogP contribution is -1.87. The quantitative estimate of drug-likeness (QED) is 0.379. The van der Waals surface area contributed by atoms with Crippen molar-refractivity contribution >= 4 is 22.6 Å². The molecular formula is C21H15ClFNO2. The zero-order valence-electron chi connectivity index (χ0n) is 14.0. The Kier molecular flexibility index (Phi) is 4.35. The number of furan rings is 1. The molecule has 0 aliphatic heterocycles. The van der Waals surface area contributed by atoms with Gasteiger partial charge in [-0.15, -0.1) is 0 Å². The second-order valence-electron chi connectivity index (χ2n) is 5.89. The first kappa shape index (κ1) is 16.6. The van der Waals surface area contributed by atoms with Crippen molar-refractivity contribution in [2.75, 3.05) is 0 Å². The fourth-order valence-electron chi connectivity index (χ4n) is 2.78. The smallest absolute Gasteiger partial charge is 0.213 e. The molecular weight excluding hydrogens is 353 g/mol. The molecule has 0 unspecified atom stereocenters. The molecule has 0 spiro atoms. The minimum atomic E-state index is -0.537. The van der Waals surface area contributed by atoms with Gasteiger partial charge in [0, 0.05) is 11.8 Å². The standard InChI is InChI=1S/C21H15ClFNO2/c1-2-16-10-15-9-14(11-19(22)21(15)26-16)13-3-5-17(6-4-13)25-18-7-8-20(23)24-12-18/h3-12H,2H2,1H3. The van der Waals surface area contributed by atoms with E-state index in [1.165, 1.54) is 18.3 Å². The molecule has 0 atom stereocenters. The number of benzene rings is 2. The zero-order valence-corrected chi connectivity index (χ0v) is 14.8. The number of ether oxygens (including phenoxy) is 1. The van der Waals surface area contributed by atoms with E-state index in [9.17, 15) is 4.39 Å². The Morgan fingerprint density at radius 2 is 1.77 bits per heavy atom. The van der Waals surface area contributed by atoms with E-state index >= 15 is 0 Å². The number of halogens is 2. The topological polar surface area (TPSA) is 35.3 Å². The number of hydrogen-bond donors (Lipinski definition) is 0. The van der Waals surface area contributed by atoms with Crippen LogP contribution in [-0.2, 0) is 6.42 Å². The molecule has 0 bridgehead atoms. The fraction of sp³-hybridized carbons (Fsp3) is 0.0952. The molecule has 0 aliphatic rings. The van der Waals surface area contributed by atoms with E-state index in [1.807, 2.05) is 43.3 Å². The first-order valence-corrected chi connectivity index (χ1v) is 8.62. The Bertz CT molecular complexity index is 1060. The number of hydrogen-bond acceptors (Lipinski definition) is 3. The van der Waals surface area contributed by atoms with E-state index in [1.54, 1.807) is 0 Å². The van der Waals surface area contributed by atoms with Crippen LogP contribution in [0.4, 0.5) is 4.39 Å². The maximum Gasteiger partial charge on any atom is 0.213 e. The van der Waals surface area contributed by atoms with Crippen molar-refractivity contribution in [1.29, 1.82) is 0 Å². The number of aromatic nitrogens is 1. The van der Waals surface area contributed by atoms with Gasteiger partial charge in [0.05, 0.1) is 11.2 Å². The molecule has 5 heteroatoms. The third kappa shape index (κ3) is 3.28. The summed E-state index contributed by atoms with van der Waals surface area (Å²) in [6.07, 6.45) is 2.17. The highest BCUT2D eigenvalue weighted by atomic mass is 35.5. The predicted octanol–water partition coefficient (Wildman–Crippen LogP) is 6.64. The maximum atomic E-state index is 12.8. The second kappa shape index (κ2) is 6.81. The van der Waals surface area contributed by atoms with Crippen LogP contribution in [0.5, 0.6) is 11.5 Å². The summed E-state index contributed by atoms with van der Waals surface area (Å²) in [5.74, 6) is 1.50. The van der Waals surface area contributed by atoms with Crippen LogP contribution in [0.25, 0.3) is 22.1 Å². The number of nitrogens with zero attached hydrogens (tertiary/aromatic N) is 1. The molecule has 4 aromatic rings. The first-order chi connectivity index (χ1) is 12.6. The molecule has 130 valence electrons. The van der Waals surface area contributed by atoms with Crippen LogP contribution in [0.1, 0.15) is 12.7 Å². The molecule has 0 radical (unpaired) electrons. The van der Waals surface area contributed by atoms with E-state index in [0.717, 1.165) is 34.3 Å². The summed E-state index contributed by atoms with van der Waals surface area (Å²) >= 11 is 6.38. The molecule has 0 amide bonds.